The summed E-state index contributed by atoms with van der Waals surface area (Å²) in [6.45, 7) is 9.25. The Balaban J connectivity index is 1.23. The molecule has 1 atom stereocenters. The van der Waals surface area contributed by atoms with Gasteiger partial charge < -0.3 is 19.9 Å². The lowest BCUT2D eigenvalue weighted by atomic mass is 9.99. The molecule has 6 heteroatoms. The summed E-state index contributed by atoms with van der Waals surface area (Å²) in [4.78, 5) is 29.3. The number of nitrogens with zero attached hydrogens (tertiary/aromatic N) is 2. The minimum Gasteiger partial charge on any atom is -0.484 e. The van der Waals surface area contributed by atoms with Crippen molar-refractivity contribution in [2.24, 2.45) is 0 Å². The Morgan fingerprint density at radius 1 is 0.889 bits per heavy atom. The lowest BCUT2D eigenvalue weighted by Gasteiger charge is -2.36. The Morgan fingerprint density at radius 3 is 2.14 bits per heavy atom. The molecule has 2 amide bonds. The first kappa shape index (κ1) is 25.3. The van der Waals surface area contributed by atoms with E-state index >= 15 is 0 Å². The molecule has 0 radical (unpaired) electrons. The van der Waals surface area contributed by atoms with E-state index in [1.807, 2.05) is 72.5 Å². The maximum Gasteiger partial charge on any atom is 0.262 e. The van der Waals surface area contributed by atoms with Crippen LogP contribution in [0, 0.1) is 6.92 Å². The van der Waals surface area contributed by atoms with Crippen molar-refractivity contribution < 1.29 is 14.3 Å². The molecule has 1 N–H and O–H groups in total. The number of piperazine rings is 1. The number of carbonyl (C=O) groups excluding carboxylic acids is 2. The number of aryl methyl sites for hydroxylation is 1. The van der Waals surface area contributed by atoms with Crippen molar-refractivity contribution >= 4 is 23.2 Å². The number of benzene rings is 3. The molecule has 0 bridgehead atoms. The number of ether oxygens (including phenoxy) is 1. The van der Waals surface area contributed by atoms with Crippen molar-refractivity contribution in [1.82, 2.24) is 4.90 Å². The molecule has 6 nitrogen and oxygen atoms in total. The number of nitrogens with one attached hydrogen (secondary N) is 1. The van der Waals surface area contributed by atoms with E-state index in [2.05, 4.69) is 36.2 Å². The third kappa shape index (κ3) is 6.45. The van der Waals surface area contributed by atoms with Gasteiger partial charge in [0.05, 0.1) is 0 Å². The molecule has 1 saturated heterocycles. The smallest absolute Gasteiger partial charge is 0.262 e. The molecule has 1 heterocycles. The molecule has 0 saturated carbocycles. The lowest BCUT2D eigenvalue weighted by Crippen LogP contribution is -2.48. The first-order chi connectivity index (χ1) is 17.4. The first-order valence-corrected chi connectivity index (χ1v) is 12.7. The van der Waals surface area contributed by atoms with E-state index < -0.39 is 0 Å². The summed E-state index contributed by atoms with van der Waals surface area (Å²) in [5.41, 5.74) is 4.96. The van der Waals surface area contributed by atoms with Crippen molar-refractivity contribution in [2.45, 2.75) is 33.1 Å². The number of rotatable bonds is 8. The van der Waals surface area contributed by atoms with Gasteiger partial charge in [-0.05, 0) is 73.4 Å². The predicted molar refractivity (Wildman–Crippen MR) is 145 cm³/mol. The minimum atomic E-state index is -0.197. The Hall–Kier alpha value is -3.80. The maximum absolute atomic E-state index is 12.8. The second-order valence-corrected chi connectivity index (χ2v) is 9.41. The summed E-state index contributed by atoms with van der Waals surface area (Å²) in [5.74, 6) is 1.08. The zero-order chi connectivity index (χ0) is 25.5. The molecule has 0 spiro atoms. The highest BCUT2D eigenvalue weighted by Gasteiger charge is 2.22. The second-order valence-electron chi connectivity index (χ2n) is 9.41. The third-order valence-corrected chi connectivity index (χ3v) is 6.81. The van der Waals surface area contributed by atoms with Crippen molar-refractivity contribution in [3.8, 4) is 5.75 Å². The number of anilines is 2. The van der Waals surface area contributed by atoms with E-state index in [0.29, 0.717) is 24.8 Å². The number of carbonyl (C=O) groups is 2. The fourth-order valence-corrected chi connectivity index (χ4v) is 4.28. The van der Waals surface area contributed by atoms with Gasteiger partial charge in [-0.25, -0.2) is 0 Å². The fraction of sp³-hybridized carbons (Fsp3) is 0.333. The monoisotopic (exact) mass is 485 g/mol. The van der Waals surface area contributed by atoms with Crippen LogP contribution in [0.25, 0.3) is 0 Å². The zero-order valence-electron chi connectivity index (χ0n) is 21.4. The summed E-state index contributed by atoms with van der Waals surface area (Å²) < 4.78 is 5.64. The third-order valence-electron chi connectivity index (χ3n) is 6.81. The molecule has 3 aromatic rings. The first-order valence-electron chi connectivity index (χ1n) is 12.7. The Kier molecular flexibility index (Phi) is 8.26. The number of amides is 2. The maximum atomic E-state index is 12.8. The van der Waals surface area contributed by atoms with Crippen LogP contribution in [0.4, 0.5) is 11.4 Å². The molecule has 1 unspecified atom stereocenters. The largest absolute Gasteiger partial charge is 0.484 e. The molecular formula is C30H35N3O3. The molecular weight excluding hydrogens is 450 g/mol. The zero-order valence-corrected chi connectivity index (χ0v) is 21.4. The van der Waals surface area contributed by atoms with Gasteiger partial charge in [-0.1, -0.05) is 43.7 Å². The summed E-state index contributed by atoms with van der Waals surface area (Å²) in [6.07, 6.45) is 1.09. The number of hydrogen-bond donors (Lipinski definition) is 1. The van der Waals surface area contributed by atoms with Gasteiger partial charge in [-0.15, -0.1) is 0 Å². The van der Waals surface area contributed by atoms with E-state index in [9.17, 15) is 9.59 Å². The molecule has 0 aliphatic carbocycles. The van der Waals surface area contributed by atoms with Crippen LogP contribution in [0.2, 0.25) is 0 Å². The van der Waals surface area contributed by atoms with Crippen molar-refractivity contribution in [2.75, 3.05) is 43.0 Å². The average Bonchev–Trinajstić information content (AvgIpc) is 2.92. The molecule has 4 rings (SSSR count). The van der Waals surface area contributed by atoms with Crippen LogP contribution >= 0.6 is 0 Å². The Labute approximate surface area is 213 Å². The quantitative estimate of drug-likeness (QED) is 0.458. The summed E-state index contributed by atoms with van der Waals surface area (Å²) in [7, 11) is 0. The lowest BCUT2D eigenvalue weighted by molar-refractivity contribution is -0.118. The highest BCUT2D eigenvalue weighted by molar-refractivity contribution is 5.94. The van der Waals surface area contributed by atoms with Gasteiger partial charge in [0, 0.05) is 43.1 Å². The fourth-order valence-electron chi connectivity index (χ4n) is 4.28. The second kappa shape index (κ2) is 11.8. The van der Waals surface area contributed by atoms with E-state index in [-0.39, 0.29) is 18.4 Å². The molecule has 3 aromatic carbocycles. The van der Waals surface area contributed by atoms with E-state index in [4.69, 9.17) is 4.74 Å². The van der Waals surface area contributed by atoms with E-state index in [1.54, 1.807) is 0 Å². The minimum absolute atomic E-state index is 0.0403. The van der Waals surface area contributed by atoms with Crippen LogP contribution < -0.4 is 15.0 Å². The van der Waals surface area contributed by atoms with Crippen molar-refractivity contribution in [3.63, 3.8) is 0 Å². The summed E-state index contributed by atoms with van der Waals surface area (Å²) >= 11 is 0. The van der Waals surface area contributed by atoms with Gasteiger partial charge in [0.25, 0.3) is 11.8 Å². The van der Waals surface area contributed by atoms with Gasteiger partial charge in [0.1, 0.15) is 5.75 Å². The number of hydrogen-bond acceptors (Lipinski definition) is 4. The molecule has 1 aliphatic heterocycles. The van der Waals surface area contributed by atoms with Crippen LogP contribution in [0.3, 0.4) is 0 Å². The summed E-state index contributed by atoms with van der Waals surface area (Å²) in [5, 5.41) is 2.89. The van der Waals surface area contributed by atoms with Gasteiger partial charge in [-0.2, -0.15) is 0 Å². The average molecular weight is 486 g/mol. The van der Waals surface area contributed by atoms with Gasteiger partial charge in [-0.3, -0.25) is 9.59 Å². The summed E-state index contributed by atoms with van der Waals surface area (Å²) in [6, 6.07) is 23.5. The topological polar surface area (TPSA) is 61.9 Å². The van der Waals surface area contributed by atoms with Crippen LogP contribution in [0.15, 0.2) is 72.8 Å². The highest BCUT2D eigenvalue weighted by atomic mass is 16.5. The highest BCUT2D eigenvalue weighted by Crippen LogP contribution is 2.22. The van der Waals surface area contributed by atoms with Gasteiger partial charge in [0.2, 0.25) is 0 Å². The molecule has 188 valence electrons. The van der Waals surface area contributed by atoms with Crippen molar-refractivity contribution in [1.29, 1.82) is 0 Å². The Bertz CT molecular complexity index is 1150. The molecule has 0 aromatic heterocycles. The van der Waals surface area contributed by atoms with Crippen molar-refractivity contribution in [3.05, 3.63) is 89.5 Å². The Morgan fingerprint density at radius 2 is 1.53 bits per heavy atom. The van der Waals surface area contributed by atoms with Crippen LogP contribution in [0.5, 0.6) is 5.75 Å². The molecule has 36 heavy (non-hydrogen) atoms. The van der Waals surface area contributed by atoms with Crippen LogP contribution in [-0.2, 0) is 4.79 Å². The van der Waals surface area contributed by atoms with Gasteiger partial charge >= 0.3 is 0 Å². The van der Waals surface area contributed by atoms with Crippen LogP contribution in [0.1, 0.15) is 47.7 Å². The molecule has 1 fully saturated rings. The molecule has 1 aliphatic rings. The SMILES string of the molecule is CCC(C)c1ccc(OCC(=O)Nc2ccc(N3CCN(C(=O)c4ccc(C)cc4)CC3)cc2)cc1. The van der Waals surface area contributed by atoms with Gasteiger partial charge in [0.15, 0.2) is 6.61 Å². The predicted octanol–water partition coefficient (Wildman–Crippen LogP) is 5.49. The standard InChI is InChI=1S/C30H35N3O3/c1-4-23(3)24-9-15-28(16-10-24)36-21-29(34)31-26-11-13-27(14-12-26)32-17-19-33(20-18-32)30(35)25-7-5-22(2)6-8-25/h5-16,23H,4,17-21H2,1-3H3,(H,31,34). The van der Waals surface area contributed by atoms with Crippen LogP contribution in [-0.4, -0.2) is 49.5 Å². The van der Waals surface area contributed by atoms with E-state index in [0.717, 1.165) is 42.0 Å². The normalized spacial score (nSPS) is 14.3. The van der Waals surface area contributed by atoms with E-state index in [1.165, 1.54) is 5.56 Å².